The van der Waals surface area contributed by atoms with E-state index in [0.717, 1.165) is 18.7 Å². The molecule has 3 nitrogen and oxygen atoms in total. The molecule has 0 amide bonds. The highest BCUT2D eigenvalue weighted by molar-refractivity contribution is 5.09. The molecule has 1 aromatic heterocycles. The number of halogens is 1. The van der Waals surface area contributed by atoms with Gasteiger partial charge in [0, 0.05) is 24.7 Å². The monoisotopic (exact) mass is 265 g/mol. The van der Waals surface area contributed by atoms with Gasteiger partial charge < -0.3 is 5.73 Å². The first-order valence-electron chi connectivity index (χ1n) is 7.24. The molecule has 0 aromatic carbocycles. The molecule has 4 heteroatoms. The molecular formula is C15H24FN3. The molecule has 0 saturated carbocycles. The van der Waals surface area contributed by atoms with E-state index in [4.69, 9.17) is 5.73 Å². The topological polar surface area (TPSA) is 42.1 Å². The fourth-order valence-corrected chi connectivity index (χ4v) is 3.01. The van der Waals surface area contributed by atoms with Crippen LogP contribution >= 0.6 is 0 Å². The van der Waals surface area contributed by atoms with Gasteiger partial charge in [-0.2, -0.15) is 0 Å². The van der Waals surface area contributed by atoms with Crippen molar-refractivity contribution in [2.45, 2.75) is 57.7 Å². The zero-order valence-corrected chi connectivity index (χ0v) is 11.8. The molecule has 0 bridgehead atoms. The minimum Gasteiger partial charge on any atom is -0.323 e. The smallest absolute Gasteiger partial charge is 0.141 e. The van der Waals surface area contributed by atoms with Crippen LogP contribution in [0.1, 0.15) is 51.3 Å². The molecule has 2 N–H and O–H groups in total. The molecule has 3 unspecified atom stereocenters. The minimum absolute atomic E-state index is 0.106. The molecule has 1 saturated heterocycles. The van der Waals surface area contributed by atoms with Gasteiger partial charge in [0.25, 0.3) is 0 Å². The van der Waals surface area contributed by atoms with E-state index in [-0.39, 0.29) is 11.9 Å². The molecule has 106 valence electrons. The Labute approximate surface area is 115 Å². The maximum absolute atomic E-state index is 12.8. The molecule has 2 rings (SSSR count). The highest BCUT2D eigenvalue weighted by Gasteiger charge is 2.29. The van der Waals surface area contributed by atoms with E-state index in [0.29, 0.717) is 12.1 Å². The Hall–Kier alpha value is -1.00. The van der Waals surface area contributed by atoms with Gasteiger partial charge in [-0.3, -0.25) is 9.88 Å². The summed E-state index contributed by atoms with van der Waals surface area (Å²) in [5.41, 5.74) is 6.92. The summed E-state index contributed by atoms with van der Waals surface area (Å²) in [7, 11) is 0. The van der Waals surface area contributed by atoms with E-state index in [1.165, 1.54) is 31.5 Å². The fraction of sp³-hybridized carbons (Fsp3) is 0.667. The van der Waals surface area contributed by atoms with Crippen LogP contribution in [0.25, 0.3) is 0 Å². The van der Waals surface area contributed by atoms with Crippen LogP contribution < -0.4 is 5.73 Å². The van der Waals surface area contributed by atoms with Gasteiger partial charge >= 0.3 is 0 Å². The average Bonchev–Trinajstić information content (AvgIpc) is 2.77. The molecule has 3 atom stereocenters. The van der Waals surface area contributed by atoms with Crippen molar-refractivity contribution in [1.82, 2.24) is 9.88 Å². The second-order valence-corrected chi connectivity index (χ2v) is 5.52. The Bertz CT molecular complexity index is 393. The largest absolute Gasteiger partial charge is 0.323 e. The Morgan fingerprint density at radius 3 is 2.89 bits per heavy atom. The maximum atomic E-state index is 12.8. The van der Waals surface area contributed by atoms with Crippen LogP contribution in [0.4, 0.5) is 4.39 Å². The van der Waals surface area contributed by atoms with Crippen LogP contribution in [0.5, 0.6) is 0 Å². The zero-order valence-electron chi connectivity index (χ0n) is 11.8. The normalized spacial score (nSPS) is 25.7. The van der Waals surface area contributed by atoms with Crippen molar-refractivity contribution < 1.29 is 4.39 Å². The van der Waals surface area contributed by atoms with E-state index < -0.39 is 0 Å². The number of rotatable bonds is 5. The van der Waals surface area contributed by atoms with Gasteiger partial charge in [0.15, 0.2) is 0 Å². The third kappa shape index (κ3) is 3.51. The summed E-state index contributed by atoms with van der Waals surface area (Å²) in [6.45, 7) is 5.54. The molecule has 2 heterocycles. The van der Waals surface area contributed by atoms with E-state index >= 15 is 0 Å². The van der Waals surface area contributed by atoms with Crippen LogP contribution in [-0.4, -0.2) is 28.5 Å². The van der Waals surface area contributed by atoms with Crippen LogP contribution in [0.3, 0.4) is 0 Å². The van der Waals surface area contributed by atoms with Gasteiger partial charge in [-0.1, -0.05) is 6.92 Å². The van der Waals surface area contributed by atoms with Crippen molar-refractivity contribution in [2.75, 3.05) is 6.54 Å². The Kier molecular flexibility index (Phi) is 4.88. The van der Waals surface area contributed by atoms with Crippen molar-refractivity contribution in [3.8, 4) is 0 Å². The lowest BCUT2D eigenvalue weighted by Gasteiger charge is -2.28. The quantitative estimate of drug-likeness (QED) is 0.890. The number of nitrogens with zero attached hydrogens (tertiary/aromatic N) is 2. The predicted octanol–water partition coefficient (Wildman–Crippen LogP) is 2.87. The van der Waals surface area contributed by atoms with Crippen molar-refractivity contribution in [3.63, 3.8) is 0 Å². The first kappa shape index (κ1) is 14.4. The van der Waals surface area contributed by atoms with Crippen LogP contribution in [0.2, 0.25) is 0 Å². The molecule has 0 radical (unpaired) electrons. The van der Waals surface area contributed by atoms with Gasteiger partial charge in [0.05, 0.1) is 11.9 Å². The summed E-state index contributed by atoms with van der Waals surface area (Å²) in [4.78, 5) is 6.62. The molecule has 1 aliphatic rings. The second-order valence-electron chi connectivity index (χ2n) is 5.52. The van der Waals surface area contributed by atoms with Crippen LogP contribution in [-0.2, 0) is 0 Å². The second kappa shape index (κ2) is 6.44. The first-order chi connectivity index (χ1) is 9.11. The van der Waals surface area contributed by atoms with Gasteiger partial charge in [0.2, 0.25) is 0 Å². The summed E-state index contributed by atoms with van der Waals surface area (Å²) in [6, 6.07) is 4.35. The van der Waals surface area contributed by atoms with Gasteiger partial charge in [-0.15, -0.1) is 0 Å². The van der Waals surface area contributed by atoms with Crippen molar-refractivity contribution in [1.29, 1.82) is 0 Å². The van der Waals surface area contributed by atoms with Crippen molar-refractivity contribution >= 4 is 0 Å². The fourth-order valence-electron chi connectivity index (χ4n) is 3.01. The summed E-state index contributed by atoms with van der Waals surface area (Å²) in [5.74, 6) is -0.310. The number of nitrogens with two attached hydrogens (primary N) is 1. The SMILES string of the molecule is CCC1CCC(C)N1CCC(N)c1ccc(F)cn1. The van der Waals surface area contributed by atoms with Crippen molar-refractivity contribution in [3.05, 3.63) is 29.8 Å². The highest BCUT2D eigenvalue weighted by atomic mass is 19.1. The maximum Gasteiger partial charge on any atom is 0.141 e. The van der Waals surface area contributed by atoms with Gasteiger partial charge in [-0.05, 0) is 44.7 Å². The summed E-state index contributed by atoms with van der Waals surface area (Å²) < 4.78 is 12.8. The highest BCUT2D eigenvalue weighted by Crippen LogP contribution is 2.27. The van der Waals surface area contributed by atoms with Crippen molar-refractivity contribution in [2.24, 2.45) is 5.73 Å². The number of hydrogen-bond acceptors (Lipinski definition) is 3. The Morgan fingerprint density at radius 1 is 1.47 bits per heavy atom. The Morgan fingerprint density at radius 2 is 2.26 bits per heavy atom. The van der Waals surface area contributed by atoms with Gasteiger partial charge in [-0.25, -0.2) is 4.39 Å². The lowest BCUT2D eigenvalue weighted by molar-refractivity contribution is 0.191. The summed E-state index contributed by atoms with van der Waals surface area (Å²) >= 11 is 0. The molecule has 1 aromatic rings. The lowest BCUT2D eigenvalue weighted by Crippen LogP contribution is -2.36. The molecule has 0 aliphatic carbocycles. The lowest BCUT2D eigenvalue weighted by atomic mass is 10.1. The Balaban J connectivity index is 1.89. The van der Waals surface area contributed by atoms with E-state index in [9.17, 15) is 4.39 Å². The first-order valence-corrected chi connectivity index (χ1v) is 7.24. The number of hydrogen-bond donors (Lipinski definition) is 1. The third-order valence-corrected chi connectivity index (χ3v) is 4.25. The molecule has 1 aliphatic heterocycles. The molecule has 19 heavy (non-hydrogen) atoms. The predicted molar refractivity (Wildman–Crippen MR) is 75.2 cm³/mol. The van der Waals surface area contributed by atoms with E-state index in [1.54, 1.807) is 6.07 Å². The zero-order chi connectivity index (χ0) is 13.8. The molecule has 0 spiro atoms. The number of aromatic nitrogens is 1. The van der Waals surface area contributed by atoms with Crippen LogP contribution in [0, 0.1) is 5.82 Å². The minimum atomic E-state index is -0.310. The summed E-state index contributed by atoms with van der Waals surface area (Å²) in [5, 5.41) is 0. The third-order valence-electron chi connectivity index (χ3n) is 4.25. The summed E-state index contributed by atoms with van der Waals surface area (Å²) in [6.07, 6.45) is 5.89. The number of likely N-dealkylation sites (tertiary alicyclic amines) is 1. The van der Waals surface area contributed by atoms with Gasteiger partial charge in [0.1, 0.15) is 5.82 Å². The molecular weight excluding hydrogens is 241 g/mol. The number of pyridine rings is 1. The standard InChI is InChI=1S/C15H24FN3/c1-3-13-6-4-11(2)19(13)9-8-14(17)15-7-5-12(16)10-18-15/h5,7,10-11,13-14H,3-4,6,8-9,17H2,1-2H3. The molecule has 1 fully saturated rings. The average molecular weight is 265 g/mol. The van der Waals surface area contributed by atoms with E-state index in [1.807, 2.05) is 0 Å². The van der Waals surface area contributed by atoms with E-state index in [2.05, 4.69) is 23.7 Å². The van der Waals surface area contributed by atoms with Crippen LogP contribution in [0.15, 0.2) is 18.3 Å².